The number of hydrogen-bond acceptors (Lipinski definition) is 5. The van der Waals surface area contributed by atoms with Gasteiger partial charge in [0, 0.05) is 29.1 Å². The lowest BCUT2D eigenvalue weighted by Gasteiger charge is -2.38. The van der Waals surface area contributed by atoms with Crippen LogP contribution in [0.1, 0.15) is 48.3 Å². The summed E-state index contributed by atoms with van der Waals surface area (Å²) in [6, 6.07) is 21.0. The molecule has 4 rings (SSSR count). The van der Waals surface area contributed by atoms with Crippen LogP contribution in [0.5, 0.6) is 5.75 Å². The summed E-state index contributed by atoms with van der Waals surface area (Å²) in [5.41, 5.74) is 2.53. The van der Waals surface area contributed by atoms with Crippen molar-refractivity contribution in [3.05, 3.63) is 94.0 Å². The van der Waals surface area contributed by atoms with Crippen molar-refractivity contribution in [1.82, 2.24) is 0 Å². The Morgan fingerprint density at radius 1 is 1.03 bits per heavy atom. The van der Waals surface area contributed by atoms with E-state index in [0.717, 1.165) is 25.0 Å². The molecule has 0 spiro atoms. The van der Waals surface area contributed by atoms with Crippen molar-refractivity contribution in [2.75, 3.05) is 16.8 Å². The Bertz CT molecular complexity index is 1110. The summed E-state index contributed by atoms with van der Waals surface area (Å²) in [6.45, 7) is 2.80. The molecular weight excluding hydrogens is 406 g/mol. The molecule has 0 bridgehead atoms. The Labute approximate surface area is 186 Å². The molecule has 0 saturated heterocycles. The monoisotopic (exact) mass is 431 g/mol. The molecule has 1 heterocycles. The topological polar surface area (TPSA) is 84.7 Å². The third-order valence-electron chi connectivity index (χ3n) is 5.45. The number of hydrogen-bond donors (Lipinski definition) is 1. The van der Waals surface area contributed by atoms with Crippen molar-refractivity contribution >= 4 is 23.0 Å². The molecule has 0 fully saturated rings. The molecule has 1 atom stereocenters. The van der Waals surface area contributed by atoms with Crippen molar-refractivity contribution < 1.29 is 14.5 Å². The van der Waals surface area contributed by atoms with Gasteiger partial charge in [0.15, 0.2) is 0 Å². The van der Waals surface area contributed by atoms with Gasteiger partial charge in [0.25, 0.3) is 11.6 Å². The van der Waals surface area contributed by atoms with E-state index in [1.807, 2.05) is 42.5 Å². The lowest BCUT2D eigenvalue weighted by atomic mass is 10.0. The van der Waals surface area contributed by atoms with Crippen LogP contribution in [0.25, 0.3) is 0 Å². The van der Waals surface area contributed by atoms with Crippen LogP contribution < -0.4 is 15.0 Å². The average molecular weight is 431 g/mol. The van der Waals surface area contributed by atoms with E-state index in [2.05, 4.69) is 12.2 Å². The van der Waals surface area contributed by atoms with E-state index in [0.29, 0.717) is 29.1 Å². The second-order valence-electron chi connectivity index (χ2n) is 7.67. The normalized spacial score (nSPS) is 15.1. The van der Waals surface area contributed by atoms with E-state index < -0.39 is 11.1 Å². The van der Waals surface area contributed by atoms with Crippen molar-refractivity contribution in [2.45, 2.75) is 32.4 Å². The first kappa shape index (κ1) is 21.4. The number of amides is 1. The molecule has 1 aliphatic rings. The Kier molecular flexibility index (Phi) is 6.35. The highest BCUT2D eigenvalue weighted by molar-refractivity contribution is 6.12. The minimum absolute atomic E-state index is 0.0219. The minimum atomic E-state index is -0.589. The molecule has 1 amide bonds. The molecular formula is C25H25N3O4. The van der Waals surface area contributed by atoms with Gasteiger partial charge in [-0.3, -0.25) is 19.8 Å². The summed E-state index contributed by atoms with van der Waals surface area (Å²) in [6.07, 6.45) is 2.66. The standard InChI is InChI=1S/C25H25N3O4/c1-2-3-6-16-32-21-14-12-19(13-15-21)27-24(18-8-7-9-20(17-18)28(30)31)26-23-11-5-4-10-22(23)25(27)29/h4-5,7-15,17,24,26H,2-3,6,16H2,1H3/t24-/m1/s1. The fourth-order valence-corrected chi connectivity index (χ4v) is 3.81. The molecule has 0 saturated carbocycles. The van der Waals surface area contributed by atoms with Gasteiger partial charge in [0.05, 0.1) is 17.1 Å². The SMILES string of the molecule is CCCCCOc1ccc(N2C(=O)c3ccccc3N[C@H]2c2cccc([N+](=O)[O-])c2)cc1. The molecule has 0 aliphatic carbocycles. The summed E-state index contributed by atoms with van der Waals surface area (Å²) in [5.74, 6) is 0.571. The smallest absolute Gasteiger partial charge is 0.269 e. The summed E-state index contributed by atoms with van der Waals surface area (Å²) in [5, 5.41) is 14.7. The highest BCUT2D eigenvalue weighted by Crippen LogP contribution is 2.37. The van der Waals surface area contributed by atoms with Crippen molar-refractivity contribution in [3.63, 3.8) is 0 Å². The third kappa shape index (κ3) is 4.42. The number of anilines is 2. The van der Waals surface area contributed by atoms with Gasteiger partial charge >= 0.3 is 0 Å². The van der Waals surface area contributed by atoms with Gasteiger partial charge in [-0.25, -0.2) is 0 Å². The van der Waals surface area contributed by atoms with Crippen LogP contribution in [0.2, 0.25) is 0 Å². The van der Waals surface area contributed by atoms with Crippen LogP contribution in [-0.2, 0) is 0 Å². The number of ether oxygens (including phenoxy) is 1. The van der Waals surface area contributed by atoms with Gasteiger partial charge in [-0.05, 0) is 42.8 Å². The number of rotatable bonds is 8. The first-order valence-corrected chi connectivity index (χ1v) is 10.7. The van der Waals surface area contributed by atoms with E-state index in [1.165, 1.54) is 12.1 Å². The quantitative estimate of drug-likeness (QED) is 0.271. The maximum atomic E-state index is 13.5. The molecule has 0 radical (unpaired) electrons. The molecule has 3 aromatic carbocycles. The highest BCUT2D eigenvalue weighted by atomic mass is 16.6. The van der Waals surface area contributed by atoms with E-state index in [-0.39, 0.29) is 11.6 Å². The van der Waals surface area contributed by atoms with Gasteiger partial charge in [0.2, 0.25) is 0 Å². The molecule has 164 valence electrons. The number of benzene rings is 3. The summed E-state index contributed by atoms with van der Waals surface area (Å²) >= 11 is 0. The van der Waals surface area contributed by atoms with Gasteiger partial charge < -0.3 is 10.1 Å². The fraction of sp³-hybridized carbons (Fsp3) is 0.240. The van der Waals surface area contributed by atoms with Crippen molar-refractivity contribution in [2.24, 2.45) is 0 Å². The second-order valence-corrected chi connectivity index (χ2v) is 7.67. The zero-order valence-corrected chi connectivity index (χ0v) is 17.9. The molecule has 32 heavy (non-hydrogen) atoms. The number of nitrogens with zero attached hydrogens (tertiary/aromatic N) is 2. The van der Waals surface area contributed by atoms with Gasteiger partial charge in [0.1, 0.15) is 11.9 Å². The summed E-state index contributed by atoms with van der Waals surface area (Å²) in [4.78, 5) is 26.0. The predicted molar refractivity (Wildman–Crippen MR) is 124 cm³/mol. The average Bonchev–Trinajstić information content (AvgIpc) is 2.82. The number of carbonyl (C=O) groups is 1. The maximum absolute atomic E-state index is 13.5. The maximum Gasteiger partial charge on any atom is 0.269 e. The predicted octanol–water partition coefficient (Wildman–Crippen LogP) is 5.93. The van der Waals surface area contributed by atoms with Crippen LogP contribution in [0, 0.1) is 10.1 Å². The van der Waals surface area contributed by atoms with Gasteiger partial charge in [-0.15, -0.1) is 0 Å². The van der Waals surface area contributed by atoms with E-state index in [4.69, 9.17) is 4.74 Å². The first-order valence-electron chi connectivity index (χ1n) is 10.7. The van der Waals surface area contributed by atoms with Crippen molar-refractivity contribution in [1.29, 1.82) is 0 Å². The van der Waals surface area contributed by atoms with Crippen LogP contribution in [0.4, 0.5) is 17.1 Å². The minimum Gasteiger partial charge on any atom is -0.494 e. The molecule has 7 nitrogen and oxygen atoms in total. The Balaban J connectivity index is 1.68. The van der Waals surface area contributed by atoms with Crippen molar-refractivity contribution in [3.8, 4) is 5.75 Å². The number of nitro benzene ring substituents is 1. The number of unbranched alkanes of at least 4 members (excludes halogenated alkanes) is 2. The number of non-ortho nitro benzene ring substituents is 1. The van der Waals surface area contributed by atoms with Crippen LogP contribution in [0.15, 0.2) is 72.8 Å². The Morgan fingerprint density at radius 3 is 2.56 bits per heavy atom. The zero-order chi connectivity index (χ0) is 22.5. The van der Waals surface area contributed by atoms with Crippen LogP contribution in [-0.4, -0.2) is 17.4 Å². The number of carbonyl (C=O) groups excluding carboxylic acids is 1. The lowest BCUT2D eigenvalue weighted by Crippen LogP contribution is -2.43. The second kappa shape index (κ2) is 9.51. The Hall–Kier alpha value is -3.87. The Morgan fingerprint density at radius 2 is 1.81 bits per heavy atom. The third-order valence-corrected chi connectivity index (χ3v) is 5.45. The fourth-order valence-electron chi connectivity index (χ4n) is 3.81. The zero-order valence-electron chi connectivity index (χ0n) is 17.9. The van der Waals surface area contributed by atoms with E-state index >= 15 is 0 Å². The van der Waals surface area contributed by atoms with Gasteiger partial charge in [-0.1, -0.05) is 44.0 Å². The first-order chi connectivity index (χ1) is 15.6. The summed E-state index contributed by atoms with van der Waals surface area (Å²) in [7, 11) is 0. The number of para-hydroxylation sites is 1. The highest BCUT2D eigenvalue weighted by Gasteiger charge is 2.34. The number of nitro groups is 1. The van der Waals surface area contributed by atoms with Gasteiger partial charge in [-0.2, -0.15) is 0 Å². The van der Waals surface area contributed by atoms with Crippen LogP contribution >= 0.6 is 0 Å². The largest absolute Gasteiger partial charge is 0.494 e. The number of fused-ring (bicyclic) bond motifs is 1. The molecule has 3 aromatic rings. The summed E-state index contributed by atoms with van der Waals surface area (Å²) < 4.78 is 5.79. The lowest BCUT2D eigenvalue weighted by molar-refractivity contribution is -0.384. The molecule has 1 N–H and O–H groups in total. The van der Waals surface area contributed by atoms with E-state index in [1.54, 1.807) is 23.1 Å². The van der Waals surface area contributed by atoms with E-state index in [9.17, 15) is 14.9 Å². The number of nitrogens with one attached hydrogen (secondary N) is 1. The molecule has 0 aromatic heterocycles. The van der Waals surface area contributed by atoms with Crippen LogP contribution in [0.3, 0.4) is 0 Å². The molecule has 7 heteroatoms. The molecule has 1 aliphatic heterocycles. The molecule has 0 unspecified atom stereocenters.